The van der Waals surface area contributed by atoms with Gasteiger partial charge in [0.15, 0.2) is 5.69 Å². The van der Waals surface area contributed by atoms with E-state index in [1.807, 2.05) is 19.2 Å². The quantitative estimate of drug-likeness (QED) is 0.370. The fourth-order valence-electron chi connectivity index (χ4n) is 4.03. The Morgan fingerprint density at radius 1 is 1.29 bits per heavy atom. The summed E-state index contributed by atoms with van der Waals surface area (Å²) in [5, 5.41) is 29.3. The van der Waals surface area contributed by atoms with Gasteiger partial charge in [0.1, 0.15) is 11.9 Å². The van der Waals surface area contributed by atoms with Gasteiger partial charge in [0, 0.05) is 53.3 Å². The highest BCUT2D eigenvalue weighted by Gasteiger charge is 2.35. The molecule has 1 fully saturated rings. The van der Waals surface area contributed by atoms with E-state index in [2.05, 4.69) is 20.4 Å². The van der Waals surface area contributed by atoms with E-state index >= 15 is 0 Å². The van der Waals surface area contributed by atoms with Crippen molar-refractivity contribution in [1.82, 2.24) is 19.7 Å². The van der Waals surface area contributed by atoms with E-state index in [9.17, 15) is 15.0 Å². The number of nitrogens with zero attached hydrogens (tertiary/aromatic N) is 4. The number of ether oxygens (including phenoxy) is 1. The number of aliphatic hydroxyl groups is 2. The molecule has 3 N–H and O–H groups in total. The van der Waals surface area contributed by atoms with Crippen LogP contribution in [0.4, 0.5) is 5.69 Å². The summed E-state index contributed by atoms with van der Waals surface area (Å²) < 4.78 is 12.4. The molecular formula is C25H27N5O5. The average Bonchev–Trinajstić information content (AvgIpc) is 3.42. The largest absolute Gasteiger partial charge is 0.444 e. The minimum absolute atomic E-state index is 0.114. The Labute approximate surface area is 201 Å². The smallest absolute Gasteiger partial charge is 0.277 e. The molecule has 182 valence electrons. The van der Waals surface area contributed by atoms with Gasteiger partial charge in [-0.3, -0.25) is 14.5 Å². The first kappa shape index (κ1) is 23.2. The minimum Gasteiger partial charge on any atom is -0.444 e. The van der Waals surface area contributed by atoms with Crippen LogP contribution in [0.25, 0.3) is 22.4 Å². The number of aromatic nitrogens is 4. The number of aryl methyl sites for hydroxylation is 2. The Morgan fingerprint density at radius 2 is 2.09 bits per heavy atom. The van der Waals surface area contributed by atoms with Gasteiger partial charge >= 0.3 is 0 Å². The van der Waals surface area contributed by atoms with Crippen molar-refractivity contribution in [2.45, 2.75) is 44.9 Å². The van der Waals surface area contributed by atoms with Gasteiger partial charge in [0.05, 0.1) is 24.3 Å². The molecule has 0 aliphatic carbocycles. The number of nitrogens with one attached hydrogen (secondary N) is 1. The molecule has 10 nitrogen and oxygen atoms in total. The third-order valence-electron chi connectivity index (χ3n) is 6.03. The maximum atomic E-state index is 13.0. The van der Waals surface area contributed by atoms with Crippen LogP contribution in [0.1, 0.15) is 42.0 Å². The van der Waals surface area contributed by atoms with Crippen LogP contribution in [0, 0.1) is 6.92 Å². The molecule has 10 heteroatoms. The summed E-state index contributed by atoms with van der Waals surface area (Å²) in [6.45, 7) is 6.33. The Bertz CT molecular complexity index is 1400. The fraction of sp³-hybridized carbons (Fsp3) is 0.360. The molecule has 1 aliphatic rings. The van der Waals surface area contributed by atoms with Crippen LogP contribution in [0.3, 0.4) is 0 Å². The predicted octanol–water partition coefficient (Wildman–Crippen LogP) is 3.03. The molecule has 35 heavy (non-hydrogen) atoms. The Kier molecular flexibility index (Phi) is 5.66. The van der Waals surface area contributed by atoms with Crippen molar-refractivity contribution in [1.29, 1.82) is 0 Å². The number of carbonyl (C=O) groups excluding carboxylic acids is 1. The second kappa shape index (κ2) is 8.56. The predicted molar refractivity (Wildman–Crippen MR) is 128 cm³/mol. The van der Waals surface area contributed by atoms with Crippen molar-refractivity contribution in [2.24, 2.45) is 0 Å². The molecule has 1 amide bonds. The number of benzene rings is 1. The molecule has 3 aromatic heterocycles. The summed E-state index contributed by atoms with van der Waals surface area (Å²) in [5.74, 6) is -0.145. The molecule has 0 bridgehead atoms. The molecule has 0 radical (unpaired) electrons. The molecule has 0 atom stereocenters. The van der Waals surface area contributed by atoms with Gasteiger partial charge in [0.2, 0.25) is 5.89 Å². The van der Waals surface area contributed by atoms with Gasteiger partial charge < -0.3 is 24.7 Å². The highest BCUT2D eigenvalue weighted by molar-refractivity contribution is 6.04. The van der Waals surface area contributed by atoms with Gasteiger partial charge in [-0.05, 0) is 45.0 Å². The number of rotatable bonds is 7. The lowest BCUT2D eigenvalue weighted by molar-refractivity contribution is -0.182. The first-order valence-electron chi connectivity index (χ1n) is 11.3. The molecule has 0 spiro atoms. The van der Waals surface area contributed by atoms with Crippen LogP contribution in [0.2, 0.25) is 0 Å². The number of hydrogen-bond donors (Lipinski definition) is 3. The van der Waals surface area contributed by atoms with Crippen molar-refractivity contribution in [2.75, 3.05) is 18.5 Å². The maximum absolute atomic E-state index is 13.0. The van der Waals surface area contributed by atoms with E-state index < -0.39 is 17.1 Å². The molecule has 1 saturated heterocycles. The third kappa shape index (κ3) is 4.81. The van der Waals surface area contributed by atoms with Crippen LogP contribution >= 0.6 is 0 Å². The van der Waals surface area contributed by atoms with Gasteiger partial charge in [-0.15, -0.1) is 0 Å². The standard InChI is InChI=1S/C25H27N5O5/c1-15-8-16(4-6-26-15)23-28-21(12-35-23)22(31)27-20-9-17-11-30(7-5-25(33)13-34-14-25)29-19(17)10-18(20)24(2,3)32/h4,6,8-12,32-33H,5,7,13-14H2,1-3H3,(H,27,31). The Morgan fingerprint density at radius 3 is 2.77 bits per heavy atom. The molecule has 4 heterocycles. The van der Waals surface area contributed by atoms with Gasteiger partial charge in [0.25, 0.3) is 5.91 Å². The minimum atomic E-state index is -1.23. The normalized spacial score (nSPS) is 15.2. The summed E-state index contributed by atoms with van der Waals surface area (Å²) in [6.07, 6.45) is 5.33. The van der Waals surface area contributed by atoms with E-state index in [1.165, 1.54) is 6.26 Å². The zero-order valence-corrected chi connectivity index (χ0v) is 19.8. The lowest BCUT2D eigenvalue weighted by Gasteiger charge is -2.36. The van der Waals surface area contributed by atoms with Crippen molar-refractivity contribution in [3.05, 3.63) is 59.9 Å². The second-order valence-electron chi connectivity index (χ2n) is 9.55. The van der Waals surface area contributed by atoms with E-state index in [0.717, 1.165) is 16.6 Å². The molecule has 4 aromatic rings. The summed E-state index contributed by atoms with van der Waals surface area (Å²) in [6, 6.07) is 7.12. The van der Waals surface area contributed by atoms with Crippen LogP contribution in [0.5, 0.6) is 0 Å². The Balaban J connectivity index is 1.40. The molecule has 5 rings (SSSR count). The number of pyridine rings is 1. The van der Waals surface area contributed by atoms with Crippen LogP contribution < -0.4 is 5.32 Å². The number of fused-ring (bicyclic) bond motifs is 1. The fourth-order valence-corrected chi connectivity index (χ4v) is 4.03. The highest BCUT2D eigenvalue weighted by Crippen LogP contribution is 2.32. The molecule has 1 aromatic carbocycles. The summed E-state index contributed by atoms with van der Waals surface area (Å²) >= 11 is 0. The van der Waals surface area contributed by atoms with Crippen molar-refractivity contribution < 1.29 is 24.2 Å². The molecule has 0 unspecified atom stereocenters. The summed E-state index contributed by atoms with van der Waals surface area (Å²) in [7, 11) is 0. The lowest BCUT2D eigenvalue weighted by atomic mass is 9.95. The highest BCUT2D eigenvalue weighted by atomic mass is 16.5. The van der Waals surface area contributed by atoms with Crippen LogP contribution in [0.15, 0.2) is 47.3 Å². The molecule has 0 saturated carbocycles. The zero-order chi connectivity index (χ0) is 24.8. The molecule has 1 aliphatic heterocycles. The number of hydrogen-bond acceptors (Lipinski definition) is 8. The number of carbonyl (C=O) groups is 1. The monoisotopic (exact) mass is 477 g/mol. The number of anilines is 1. The van der Waals surface area contributed by atoms with E-state index in [-0.39, 0.29) is 5.69 Å². The maximum Gasteiger partial charge on any atom is 0.277 e. The topological polar surface area (TPSA) is 136 Å². The number of amides is 1. The van der Waals surface area contributed by atoms with Gasteiger partial charge in [-0.1, -0.05) is 0 Å². The van der Waals surface area contributed by atoms with E-state index in [1.54, 1.807) is 42.9 Å². The summed E-state index contributed by atoms with van der Waals surface area (Å²) in [4.78, 5) is 21.5. The lowest BCUT2D eigenvalue weighted by Crippen LogP contribution is -2.50. The van der Waals surface area contributed by atoms with Crippen molar-refractivity contribution in [3.63, 3.8) is 0 Å². The van der Waals surface area contributed by atoms with E-state index in [4.69, 9.17) is 9.15 Å². The second-order valence-corrected chi connectivity index (χ2v) is 9.55. The first-order chi connectivity index (χ1) is 16.6. The number of oxazole rings is 1. The first-order valence-corrected chi connectivity index (χ1v) is 11.3. The van der Waals surface area contributed by atoms with E-state index in [0.29, 0.717) is 48.8 Å². The van der Waals surface area contributed by atoms with Crippen LogP contribution in [-0.2, 0) is 16.9 Å². The summed E-state index contributed by atoms with van der Waals surface area (Å²) in [5.41, 5.74) is 1.25. The molecular weight excluding hydrogens is 450 g/mol. The third-order valence-corrected chi connectivity index (χ3v) is 6.03. The average molecular weight is 478 g/mol. The van der Waals surface area contributed by atoms with Gasteiger partial charge in [-0.2, -0.15) is 5.10 Å². The zero-order valence-electron chi connectivity index (χ0n) is 19.8. The van der Waals surface area contributed by atoms with Crippen molar-refractivity contribution >= 4 is 22.5 Å². The van der Waals surface area contributed by atoms with Crippen molar-refractivity contribution in [3.8, 4) is 11.5 Å². The van der Waals surface area contributed by atoms with Gasteiger partial charge in [-0.25, -0.2) is 4.98 Å². The SMILES string of the molecule is Cc1cc(-c2nc(C(=O)Nc3cc4cn(CCC5(O)COC5)nc4cc3C(C)(C)O)co2)ccn1. The Hall–Kier alpha value is -3.60. The van der Waals surface area contributed by atoms with Crippen LogP contribution in [-0.4, -0.2) is 54.7 Å².